The molecule has 1 aliphatic carbocycles. The largest absolute Gasteiger partial charge is 0.489 e. The Morgan fingerprint density at radius 2 is 2.20 bits per heavy atom. The molecular formula is C15H17BrO4. The summed E-state index contributed by atoms with van der Waals surface area (Å²) >= 11 is 3.45. The monoisotopic (exact) mass is 340 g/mol. The molecule has 2 rings (SSSR count). The number of carboxylic acid groups (broad SMARTS) is 1. The van der Waals surface area contributed by atoms with Crippen molar-refractivity contribution in [1.82, 2.24) is 0 Å². The number of aliphatic carboxylic acids is 1. The van der Waals surface area contributed by atoms with Gasteiger partial charge >= 0.3 is 5.97 Å². The maximum absolute atomic E-state index is 11.8. The van der Waals surface area contributed by atoms with Gasteiger partial charge in [-0.1, -0.05) is 6.92 Å². The fourth-order valence-electron chi connectivity index (χ4n) is 2.34. The predicted octanol–water partition coefficient (Wildman–Crippen LogP) is 3.60. The zero-order chi connectivity index (χ0) is 14.7. The fourth-order valence-corrected chi connectivity index (χ4v) is 2.83. The van der Waals surface area contributed by atoms with Gasteiger partial charge in [0.05, 0.1) is 10.6 Å². The summed E-state index contributed by atoms with van der Waals surface area (Å²) in [5.74, 6) is -0.0533. The first kappa shape index (κ1) is 15.0. The molecule has 0 saturated carbocycles. The average Bonchev–Trinajstić information content (AvgIpc) is 2.75. The van der Waals surface area contributed by atoms with Gasteiger partial charge in [0.25, 0.3) is 0 Å². The molecule has 0 heterocycles. The van der Waals surface area contributed by atoms with Crippen molar-refractivity contribution in [1.29, 1.82) is 0 Å². The van der Waals surface area contributed by atoms with E-state index in [1.165, 1.54) is 0 Å². The second-order valence-corrected chi connectivity index (χ2v) is 5.80. The second-order valence-electron chi connectivity index (χ2n) is 4.94. The first-order valence-corrected chi connectivity index (χ1v) is 7.54. The van der Waals surface area contributed by atoms with Crippen LogP contribution >= 0.6 is 15.9 Å². The van der Waals surface area contributed by atoms with E-state index in [0.29, 0.717) is 18.6 Å². The number of rotatable bonds is 6. The van der Waals surface area contributed by atoms with Crippen molar-refractivity contribution in [3.63, 3.8) is 0 Å². The molecule has 0 saturated heterocycles. The van der Waals surface area contributed by atoms with Crippen molar-refractivity contribution in [3.05, 3.63) is 27.7 Å². The number of carbonyl (C=O) groups excluding carboxylic acids is 1. The van der Waals surface area contributed by atoms with Gasteiger partial charge in [-0.3, -0.25) is 9.59 Å². The van der Waals surface area contributed by atoms with Gasteiger partial charge in [0.2, 0.25) is 0 Å². The molecule has 0 aliphatic heterocycles. The highest BCUT2D eigenvalue weighted by molar-refractivity contribution is 9.10. The fraction of sp³-hybridized carbons (Fsp3) is 0.467. The number of ether oxygens (including phenoxy) is 1. The number of hydrogen-bond donors (Lipinski definition) is 1. The number of Topliss-reactive ketones (excluding diaryl/α,β-unsaturated/α-hetero) is 1. The van der Waals surface area contributed by atoms with Crippen LogP contribution in [0.5, 0.6) is 5.75 Å². The van der Waals surface area contributed by atoms with Gasteiger partial charge in [-0.25, -0.2) is 0 Å². The Labute approximate surface area is 126 Å². The third kappa shape index (κ3) is 3.39. The maximum Gasteiger partial charge on any atom is 0.303 e. The van der Waals surface area contributed by atoms with Crippen LogP contribution in [0.15, 0.2) is 16.6 Å². The summed E-state index contributed by atoms with van der Waals surface area (Å²) in [5.41, 5.74) is 1.78. The first-order chi connectivity index (χ1) is 9.51. The molecule has 4 nitrogen and oxygen atoms in total. The summed E-state index contributed by atoms with van der Waals surface area (Å²) in [6.45, 7) is 1.96. The van der Waals surface area contributed by atoms with E-state index in [9.17, 15) is 9.59 Å². The van der Waals surface area contributed by atoms with E-state index in [0.717, 1.165) is 28.4 Å². The van der Waals surface area contributed by atoms with Crippen LogP contribution in [0.1, 0.15) is 48.5 Å². The van der Waals surface area contributed by atoms with Crippen molar-refractivity contribution in [3.8, 4) is 5.75 Å². The molecule has 1 atom stereocenters. The molecule has 0 bridgehead atoms. The SMILES string of the molecule is CCC(CCC(=O)O)Oc1cc2c(cc1Br)CCC2=O. The minimum atomic E-state index is -0.824. The van der Waals surface area contributed by atoms with Gasteiger partial charge in [0, 0.05) is 18.4 Å². The lowest BCUT2D eigenvalue weighted by atomic mass is 10.1. The molecule has 0 aromatic heterocycles. The lowest BCUT2D eigenvalue weighted by Crippen LogP contribution is -2.17. The summed E-state index contributed by atoms with van der Waals surface area (Å²) in [6, 6.07) is 3.71. The lowest BCUT2D eigenvalue weighted by Gasteiger charge is -2.18. The number of carbonyl (C=O) groups is 2. The van der Waals surface area contributed by atoms with E-state index < -0.39 is 5.97 Å². The Morgan fingerprint density at radius 1 is 1.45 bits per heavy atom. The Balaban J connectivity index is 2.14. The van der Waals surface area contributed by atoms with Gasteiger partial charge in [0.1, 0.15) is 5.75 Å². The number of hydrogen-bond acceptors (Lipinski definition) is 3. The molecule has 1 aromatic carbocycles. The zero-order valence-corrected chi connectivity index (χ0v) is 12.9. The lowest BCUT2D eigenvalue weighted by molar-refractivity contribution is -0.137. The van der Waals surface area contributed by atoms with Crippen molar-refractivity contribution in [2.45, 2.75) is 45.1 Å². The first-order valence-electron chi connectivity index (χ1n) is 6.75. The van der Waals surface area contributed by atoms with Crippen LogP contribution in [0.4, 0.5) is 0 Å². The molecule has 0 fully saturated rings. The molecule has 108 valence electrons. The number of ketones is 1. The molecule has 0 spiro atoms. The van der Waals surface area contributed by atoms with E-state index in [2.05, 4.69) is 15.9 Å². The highest BCUT2D eigenvalue weighted by atomic mass is 79.9. The molecule has 1 N–H and O–H groups in total. The van der Waals surface area contributed by atoms with Crippen LogP contribution in [-0.2, 0) is 11.2 Å². The highest BCUT2D eigenvalue weighted by Gasteiger charge is 2.22. The molecule has 5 heteroatoms. The van der Waals surface area contributed by atoms with Crippen LogP contribution in [0.3, 0.4) is 0 Å². The summed E-state index contributed by atoms with van der Waals surface area (Å²) < 4.78 is 6.68. The van der Waals surface area contributed by atoms with E-state index in [1.807, 2.05) is 13.0 Å². The maximum atomic E-state index is 11.8. The quantitative estimate of drug-likeness (QED) is 0.859. The van der Waals surface area contributed by atoms with Gasteiger partial charge < -0.3 is 9.84 Å². The minimum Gasteiger partial charge on any atom is -0.489 e. The Bertz CT molecular complexity index is 539. The van der Waals surface area contributed by atoms with Crippen LogP contribution in [0, 0.1) is 0 Å². The van der Waals surface area contributed by atoms with Gasteiger partial charge in [-0.2, -0.15) is 0 Å². The average molecular weight is 341 g/mol. The van der Waals surface area contributed by atoms with E-state index in [4.69, 9.17) is 9.84 Å². The Hall–Kier alpha value is -1.36. The third-order valence-corrected chi connectivity index (χ3v) is 4.13. The smallest absolute Gasteiger partial charge is 0.303 e. The summed E-state index contributed by atoms with van der Waals surface area (Å²) in [4.78, 5) is 22.4. The number of carboxylic acids is 1. The van der Waals surface area contributed by atoms with E-state index >= 15 is 0 Å². The minimum absolute atomic E-state index is 0.0833. The van der Waals surface area contributed by atoms with E-state index in [1.54, 1.807) is 6.07 Å². The van der Waals surface area contributed by atoms with Crippen molar-refractivity contribution >= 4 is 27.7 Å². The standard InChI is InChI=1S/C15H17BrO4/c1-2-10(4-6-15(18)19)20-14-8-11-9(7-12(14)16)3-5-13(11)17/h7-8,10H,2-6H2,1H3,(H,18,19). The number of fused-ring (bicyclic) bond motifs is 1. The normalized spacial score (nSPS) is 15.0. The summed E-state index contributed by atoms with van der Waals surface area (Å²) in [5, 5.41) is 8.73. The van der Waals surface area contributed by atoms with Gasteiger partial charge in [-0.05, 0) is 52.9 Å². The molecule has 1 aliphatic rings. The number of aryl methyl sites for hydroxylation is 1. The molecule has 20 heavy (non-hydrogen) atoms. The van der Waals surface area contributed by atoms with Gasteiger partial charge in [0.15, 0.2) is 5.78 Å². The Morgan fingerprint density at radius 3 is 2.85 bits per heavy atom. The van der Waals surface area contributed by atoms with Crippen molar-refractivity contribution in [2.75, 3.05) is 0 Å². The van der Waals surface area contributed by atoms with Crippen molar-refractivity contribution in [2.24, 2.45) is 0 Å². The third-order valence-electron chi connectivity index (χ3n) is 3.51. The molecular weight excluding hydrogens is 324 g/mol. The summed E-state index contributed by atoms with van der Waals surface area (Å²) in [7, 11) is 0. The van der Waals surface area contributed by atoms with Crippen molar-refractivity contribution < 1.29 is 19.4 Å². The predicted molar refractivity (Wildman–Crippen MR) is 78.4 cm³/mol. The molecule has 0 amide bonds. The molecule has 1 aromatic rings. The number of halogens is 1. The topological polar surface area (TPSA) is 63.6 Å². The van der Waals surface area contributed by atoms with Crippen LogP contribution in [-0.4, -0.2) is 23.0 Å². The van der Waals surface area contributed by atoms with Gasteiger partial charge in [-0.15, -0.1) is 0 Å². The van der Waals surface area contributed by atoms with Crippen LogP contribution in [0.2, 0.25) is 0 Å². The van der Waals surface area contributed by atoms with Crippen LogP contribution in [0.25, 0.3) is 0 Å². The molecule has 1 unspecified atom stereocenters. The zero-order valence-electron chi connectivity index (χ0n) is 11.3. The number of benzene rings is 1. The highest BCUT2D eigenvalue weighted by Crippen LogP contribution is 2.34. The van der Waals surface area contributed by atoms with Crippen LogP contribution < -0.4 is 4.74 Å². The Kier molecular flexibility index (Phi) is 4.81. The molecule has 0 radical (unpaired) electrons. The summed E-state index contributed by atoms with van der Waals surface area (Å²) in [6.07, 6.45) is 2.45. The second kappa shape index (κ2) is 6.39. The van der Waals surface area contributed by atoms with E-state index in [-0.39, 0.29) is 18.3 Å².